The smallest absolute Gasteiger partial charge is 0.289 e. The SMILES string of the molecule is O=C(NNC(=O)c1csc(COc2ccc(F)cc2)n1)c1cccc([N+](=O)[O-])c1. The number of nitro groups is 1. The number of nitro benzene ring substituents is 1. The van der Waals surface area contributed by atoms with Crippen LogP contribution < -0.4 is 15.6 Å². The fourth-order valence-electron chi connectivity index (χ4n) is 2.17. The van der Waals surface area contributed by atoms with Gasteiger partial charge in [0.1, 0.15) is 28.9 Å². The Hall–Kier alpha value is -3.86. The van der Waals surface area contributed by atoms with E-state index in [1.54, 1.807) is 0 Å². The predicted molar refractivity (Wildman–Crippen MR) is 101 cm³/mol. The third-order valence-electron chi connectivity index (χ3n) is 3.57. The minimum absolute atomic E-state index is 0.0196. The number of aromatic nitrogens is 1. The average Bonchev–Trinajstić information content (AvgIpc) is 3.20. The summed E-state index contributed by atoms with van der Waals surface area (Å²) in [6.45, 7) is 0.0869. The fraction of sp³-hybridized carbons (Fsp3) is 0.0556. The van der Waals surface area contributed by atoms with Crippen LogP contribution in [0.15, 0.2) is 53.9 Å². The van der Waals surface area contributed by atoms with Gasteiger partial charge in [-0.05, 0) is 30.3 Å². The van der Waals surface area contributed by atoms with Crippen LogP contribution in [0, 0.1) is 15.9 Å². The number of non-ortho nitro benzene ring substituents is 1. The number of nitrogens with zero attached hydrogens (tertiary/aromatic N) is 2. The summed E-state index contributed by atoms with van der Waals surface area (Å²) in [5.41, 5.74) is 4.21. The molecular formula is C18H13FN4O5S. The van der Waals surface area contributed by atoms with Crippen LogP contribution in [0.3, 0.4) is 0 Å². The number of hydrogen-bond acceptors (Lipinski definition) is 7. The maximum Gasteiger partial charge on any atom is 0.289 e. The first-order valence-corrected chi connectivity index (χ1v) is 8.98. The molecule has 0 radical (unpaired) electrons. The van der Waals surface area contributed by atoms with Gasteiger partial charge >= 0.3 is 0 Å². The highest BCUT2D eigenvalue weighted by molar-refractivity contribution is 7.09. The number of carbonyl (C=O) groups excluding carboxylic acids is 2. The van der Waals surface area contributed by atoms with Crippen molar-refractivity contribution in [2.24, 2.45) is 0 Å². The van der Waals surface area contributed by atoms with Crippen molar-refractivity contribution in [2.45, 2.75) is 6.61 Å². The molecule has 0 saturated heterocycles. The molecule has 2 aromatic carbocycles. The molecule has 2 N–H and O–H groups in total. The van der Waals surface area contributed by atoms with Crippen molar-refractivity contribution in [3.8, 4) is 5.75 Å². The lowest BCUT2D eigenvalue weighted by molar-refractivity contribution is -0.384. The summed E-state index contributed by atoms with van der Waals surface area (Å²) in [5.74, 6) is -1.29. The number of halogens is 1. The van der Waals surface area contributed by atoms with Crippen molar-refractivity contribution in [2.75, 3.05) is 0 Å². The van der Waals surface area contributed by atoms with Crippen LogP contribution in [0.2, 0.25) is 0 Å². The monoisotopic (exact) mass is 416 g/mol. The van der Waals surface area contributed by atoms with Crippen molar-refractivity contribution >= 4 is 28.8 Å². The van der Waals surface area contributed by atoms with Crippen LogP contribution in [0.5, 0.6) is 5.75 Å². The Bertz CT molecular complexity index is 1050. The molecule has 3 aromatic rings. The van der Waals surface area contributed by atoms with Crippen LogP contribution in [-0.4, -0.2) is 21.7 Å². The Kier molecular flexibility index (Phi) is 6.09. The number of rotatable bonds is 6. The van der Waals surface area contributed by atoms with Crippen LogP contribution in [-0.2, 0) is 6.61 Å². The summed E-state index contributed by atoms with van der Waals surface area (Å²) in [7, 11) is 0. The molecule has 148 valence electrons. The van der Waals surface area contributed by atoms with Gasteiger partial charge in [0.2, 0.25) is 0 Å². The van der Waals surface area contributed by atoms with Crippen molar-refractivity contribution in [1.29, 1.82) is 0 Å². The van der Waals surface area contributed by atoms with Crippen molar-refractivity contribution in [3.63, 3.8) is 0 Å². The lowest BCUT2D eigenvalue weighted by Gasteiger charge is -2.06. The van der Waals surface area contributed by atoms with Crippen molar-refractivity contribution in [3.05, 3.63) is 86.1 Å². The molecule has 1 aromatic heterocycles. The highest BCUT2D eigenvalue weighted by atomic mass is 32.1. The van der Waals surface area contributed by atoms with Gasteiger partial charge in [-0.3, -0.25) is 30.6 Å². The maximum atomic E-state index is 12.9. The molecular weight excluding hydrogens is 403 g/mol. The lowest BCUT2D eigenvalue weighted by atomic mass is 10.2. The zero-order valence-corrected chi connectivity index (χ0v) is 15.4. The second-order valence-electron chi connectivity index (χ2n) is 5.58. The summed E-state index contributed by atoms with van der Waals surface area (Å²) in [6, 6.07) is 10.6. The lowest BCUT2D eigenvalue weighted by Crippen LogP contribution is -2.41. The number of thiazole rings is 1. The van der Waals surface area contributed by atoms with Crippen LogP contribution in [0.1, 0.15) is 25.9 Å². The van der Waals surface area contributed by atoms with Gasteiger partial charge in [-0.2, -0.15) is 0 Å². The summed E-state index contributed by atoms with van der Waals surface area (Å²) in [5, 5.41) is 12.7. The van der Waals surface area contributed by atoms with E-state index in [2.05, 4.69) is 15.8 Å². The fourth-order valence-corrected chi connectivity index (χ4v) is 2.85. The van der Waals surface area contributed by atoms with Gasteiger partial charge in [0.15, 0.2) is 0 Å². The van der Waals surface area contributed by atoms with Gasteiger partial charge in [-0.15, -0.1) is 11.3 Å². The van der Waals surface area contributed by atoms with E-state index >= 15 is 0 Å². The molecule has 0 spiro atoms. The number of amides is 2. The van der Waals surface area contributed by atoms with Gasteiger partial charge in [-0.25, -0.2) is 9.37 Å². The van der Waals surface area contributed by atoms with Crippen molar-refractivity contribution in [1.82, 2.24) is 15.8 Å². The molecule has 11 heteroatoms. The van der Waals surface area contributed by atoms with Crippen LogP contribution in [0.25, 0.3) is 0 Å². The molecule has 0 aliphatic carbocycles. The van der Waals surface area contributed by atoms with E-state index in [1.807, 2.05) is 0 Å². The minimum Gasteiger partial charge on any atom is -0.486 e. The van der Waals surface area contributed by atoms with Crippen LogP contribution >= 0.6 is 11.3 Å². The number of ether oxygens (including phenoxy) is 1. The number of carbonyl (C=O) groups is 2. The molecule has 29 heavy (non-hydrogen) atoms. The molecule has 0 aliphatic rings. The summed E-state index contributed by atoms with van der Waals surface area (Å²) in [6.07, 6.45) is 0. The Balaban J connectivity index is 1.53. The third kappa shape index (κ3) is 5.32. The first-order valence-electron chi connectivity index (χ1n) is 8.10. The first-order chi connectivity index (χ1) is 13.9. The Morgan fingerprint density at radius 3 is 2.59 bits per heavy atom. The molecule has 0 atom stereocenters. The van der Waals surface area contributed by atoms with Gasteiger partial charge in [-0.1, -0.05) is 6.07 Å². The van der Waals surface area contributed by atoms with E-state index in [0.717, 1.165) is 6.07 Å². The summed E-state index contributed by atoms with van der Waals surface area (Å²) in [4.78, 5) is 38.4. The second kappa shape index (κ2) is 8.89. The van der Waals surface area contributed by atoms with Gasteiger partial charge in [0.05, 0.1) is 4.92 Å². The third-order valence-corrected chi connectivity index (χ3v) is 4.39. The number of benzene rings is 2. The largest absolute Gasteiger partial charge is 0.486 e. The molecule has 9 nitrogen and oxygen atoms in total. The summed E-state index contributed by atoms with van der Waals surface area (Å²) < 4.78 is 18.3. The van der Waals surface area contributed by atoms with E-state index < -0.39 is 16.7 Å². The molecule has 0 fully saturated rings. The maximum absolute atomic E-state index is 12.9. The number of nitrogens with one attached hydrogen (secondary N) is 2. The minimum atomic E-state index is -0.711. The zero-order chi connectivity index (χ0) is 20.8. The topological polar surface area (TPSA) is 123 Å². The second-order valence-corrected chi connectivity index (χ2v) is 6.53. The van der Waals surface area contributed by atoms with E-state index in [-0.39, 0.29) is 29.4 Å². The number of hydrazine groups is 1. The molecule has 3 rings (SSSR count). The highest BCUT2D eigenvalue weighted by Gasteiger charge is 2.15. The standard InChI is InChI=1S/C18H13FN4O5S/c19-12-4-6-14(7-5-12)28-9-16-20-15(10-29-16)18(25)22-21-17(24)11-2-1-3-13(8-11)23(26)27/h1-8,10H,9H2,(H,21,24)(H,22,25). The van der Waals surface area contributed by atoms with E-state index in [1.165, 1.54) is 59.2 Å². The molecule has 0 bridgehead atoms. The molecule has 2 amide bonds. The van der Waals surface area contributed by atoms with Gasteiger partial charge in [0.25, 0.3) is 17.5 Å². The predicted octanol–water partition coefficient (Wildman–Crippen LogP) is 2.84. The highest BCUT2D eigenvalue weighted by Crippen LogP contribution is 2.16. The van der Waals surface area contributed by atoms with Crippen LogP contribution in [0.4, 0.5) is 10.1 Å². The van der Waals surface area contributed by atoms with Gasteiger partial charge in [0, 0.05) is 23.1 Å². The first kappa shape index (κ1) is 19.9. The van der Waals surface area contributed by atoms with Crippen molar-refractivity contribution < 1.29 is 23.6 Å². The number of hydrogen-bond donors (Lipinski definition) is 2. The molecule has 0 saturated carbocycles. The van der Waals surface area contributed by atoms with E-state index in [9.17, 15) is 24.1 Å². The van der Waals surface area contributed by atoms with E-state index in [4.69, 9.17) is 4.74 Å². The summed E-state index contributed by atoms with van der Waals surface area (Å²) >= 11 is 1.18. The molecule has 1 heterocycles. The average molecular weight is 416 g/mol. The molecule has 0 unspecified atom stereocenters. The Labute approximate surface area is 167 Å². The normalized spacial score (nSPS) is 10.2. The van der Waals surface area contributed by atoms with E-state index in [0.29, 0.717) is 10.8 Å². The Morgan fingerprint density at radius 2 is 1.86 bits per heavy atom. The zero-order valence-electron chi connectivity index (χ0n) is 14.6. The Morgan fingerprint density at radius 1 is 1.14 bits per heavy atom. The molecule has 0 aliphatic heterocycles. The quantitative estimate of drug-likeness (QED) is 0.470. The van der Waals surface area contributed by atoms with Gasteiger partial charge < -0.3 is 4.74 Å².